The third kappa shape index (κ3) is 36.6. The number of amides is 1. The molecule has 0 aromatic carbocycles. The van der Waals surface area contributed by atoms with Crippen LogP contribution in [0.5, 0.6) is 0 Å². The Morgan fingerprint density at radius 3 is 1.32 bits per heavy atom. The van der Waals surface area contributed by atoms with Crippen LogP contribution in [-0.4, -0.2) is 72.8 Å². The first-order valence-electron chi connectivity index (χ1n) is 22.1. The van der Waals surface area contributed by atoms with Crippen molar-refractivity contribution in [2.24, 2.45) is 0 Å². The van der Waals surface area contributed by atoms with Crippen molar-refractivity contribution in [1.82, 2.24) is 15.3 Å². The van der Waals surface area contributed by atoms with Gasteiger partial charge in [-0.1, -0.05) is 162 Å². The lowest BCUT2D eigenvalue weighted by atomic mass is 10.1. The van der Waals surface area contributed by atoms with Gasteiger partial charge in [0.05, 0.1) is 13.2 Å². The zero-order valence-electron chi connectivity index (χ0n) is 33.9. The maximum Gasteiger partial charge on any atom is 0.305 e. The Balaban J connectivity index is 3.96. The van der Waals surface area contributed by atoms with Crippen LogP contribution in [0.15, 0.2) is 0 Å². The van der Waals surface area contributed by atoms with Crippen molar-refractivity contribution in [3.8, 4) is 0 Å². The molecule has 0 heterocycles. The van der Waals surface area contributed by atoms with Crippen LogP contribution in [0.4, 0.5) is 0 Å². The molecule has 0 spiro atoms. The van der Waals surface area contributed by atoms with E-state index in [0.717, 1.165) is 96.9 Å². The monoisotopic (exact) mass is 710 g/mol. The number of aliphatic hydroxyl groups excluding tert-OH is 1. The van der Waals surface area contributed by atoms with Gasteiger partial charge in [-0.15, -0.1) is 0 Å². The van der Waals surface area contributed by atoms with Gasteiger partial charge in [0.15, 0.2) is 0 Å². The van der Waals surface area contributed by atoms with Gasteiger partial charge in [-0.2, -0.15) is 0 Å². The molecule has 0 aromatic heterocycles. The summed E-state index contributed by atoms with van der Waals surface area (Å²) in [5.74, 6) is 0.135. The van der Waals surface area contributed by atoms with Gasteiger partial charge in [-0.05, 0) is 58.0 Å². The van der Waals surface area contributed by atoms with Crippen LogP contribution in [0, 0.1) is 0 Å². The first-order chi connectivity index (χ1) is 24.6. The minimum absolute atomic E-state index is 0.0482. The summed E-state index contributed by atoms with van der Waals surface area (Å²) < 4.78 is 5.44. The van der Waals surface area contributed by atoms with E-state index in [1.807, 2.05) is 0 Å². The Labute approximate surface area is 311 Å². The number of carbonyl (C=O) groups is 2. The number of hydrogen-bond acceptors (Lipinski definition) is 6. The van der Waals surface area contributed by atoms with Crippen molar-refractivity contribution < 1.29 is 19.4 Å². The molecule has 0 atom stereocenters. The Morgan fingerprint density at radius 1 is 0.460 bits per heavy atom. The second-order valence-electron chi connectivity index (χ2n) is 15.0. The Bertz CT molecular complexity index is 692. The highest BCUT2D eigenvalue weighted by atomic mass is 16.5. The van der Waals surface area contributed by atoms with Crippen molar-refractivity contribution in [3.05, 3.63) is 0 Å². The fourth-order valence-corrected chi connectivity index (χ4v) is 6.70. The SMILES string of the molecule is CCCCCCCCCCCOC(=O)CCCCCN(CCO)CCCCCCCC(=O)NN(CCCCCCCC)CCCCCCCC. The molecule has 50 heavy (non-hydrogen) atoms. The summed E-state index contributed by atoms with van der Waals surface area (Å²) in [7, 11) is 0. The summed E-state index contributed by atoms with van der Waals surface area (Å²) in [5.41, 5.74) is 3.25. The van der Waals surface area contributed by atoms with Gasteiger partial charge in [-0.25, -0.2) is 5.01 Å². The maximum atomic E-state index is 12.7. The number of ether oxygens (including phenoxy) is 1. The molecule has 0 bridgehead atoms. The highest BCUT2D eigenvalue weighted by Gasteiger charge is 2.10. The van der Waals surface area contributed by atoms with E-state index in [1.54, 1.807) is 0 Å². The van der Waals surface area contributed by atoms with Crippen molar-refractivity contribution in [2.75, 3.05) is 45.9 Å². The highest BCUT2D eigenvalue weighted by molar-refractivity contribution is 5.75. The number of rotatable bonds is 41. The van der Waals surface area contributed by atoms with E-state index in [-0.39, 0.29) is 18.5 Å². The van der Waals surface area contributed by atoms with Crippen LogP contribution >= 0.6 is 0 Å². The summed E-state index contributed by atoms with van der Waals surface area (Å²) in [4.78, 5) is 27.2. The van der Waals surface area contributed by atoms with E-state index in [2.05, 4.69) is 36.1 Å². The average molecular weight is 710 g/mol. The average Bonchev–Trinajstić information content (AvgIpc) is 3.11. The summed E-state index contributed by atoms with van der Waals surface area (Å²) in [6, 6.07) is 0. The van der Waals surface area contributed by atoms with Gasteiger partial charge in [-0.3, -0.25) is 15.0 Å². The van der Waals surface area contributed by atoms with Crippen molar-refractivity contribution >= 4 is 11.9 Å². The van der Waals surface area contributed by atoms with E-state index < -0.39 is 0 Å². The fraction of sp³-hybridized carbons (Fsp3) is 0.953. The number of aliphatic hydroxyl groups is 1. The largest absolute Gasteiger partial charge is 0.466 e. The predicted octanol–water partition coefficient (Wildman–Crippen LogP) is 11.3. The van der Waals surface area contributed by atoms with Crippen LogP contribution in [0.25, 0.3) is 0 Å². The normalized spacial score (nSPS) is 11.6. The van der Waals surface area contributed by atoms with Crippen LogP contribution in [0.2, 0.25) is 0 Å². The zero-order chi connectivity index (χ0) is 36.6. The number of hydrogen-bond donors (Lipinski definition) is 2. The number of hydrazine groups is 1. The van der Waals surface area contributed by atoms with Gasteiger partial charge in [0.2, 0.25) is 5.91 Å². The van der Waals surface area contributed by atoms with E-state index in [9.17, 15) is 14.7 Å². The molecule has 1 amide bonds. The summed E-state index contributed by atoms with van der Waals surface area (Å²) in [6.45, 7) is 12.2. The molecular formula is C43H87N3O4. The van der Waals surface area contributed by atoms with Crippen LogP contribution in [-0.2, 0) is 14.3 Å². The van der Waals surface area contributed by atoms with Crippen molar-refractivity contribution in [1.29, 1.82) is 0 Å². The van der Waals surface area contributed by atoms with Gasteiger partial charge in [0, 0.05) is 32.5 Å². The quantitative estimate of drug-likeness (QED) is 0.0374. The molecule has 0 saturated carbocycles. The molecule has 0 aliphatic rings. The van der Waals surface area contributed by atoms with Gasteiger partial charge >= 0.3 is 5.97 Å². The number of unbranched alkanes of at least 4 members (excludes halogenated alkanes) is 24. The second kappa shape index (κ2) is 40.6. The molecule has 0 aliphatic heterocycles. The zero-order valence-corrected chi connectivity index (χ0v) is 33.9. The highest BCUT2D eigenvalue weighted by Crippen LogP contribution is 2.12. The molecule has 2 N–H and O–H groups in total. The fourth-order valence-electron chi connectivity index (χ4n) is 6.70. The Hall–Kier alpha value is -1.18. The third-order valence-electron chi connectivity index (χ3n) is 10.0. The lowest BCUT2D eigenvalue weighted by molar-refractivity contribution is -0.143. The number of carbonyl (C=O) groups excluding carboxylic acids is 2. The molecule has 0 radical (unpaired) electrons. The molecular weight excluding hydrogens is 622 g/mol. The number of nitrogens with one attached hydrogen (secondary N) is 1. The molecule has 0 unspecified atom stereocenters. The molecule has 7 nitrogen and oxygen atoms in total. The summed E-state index contributed by atoms with van der Waals surface area (Å²) in [6.07, 6.45) is 36.4. The molecule has 298 valence electrons. The van der Waals surface area contributed by atoms with Gasteiger partial charge in [0.25, 0.3) is 0 Å². The van der Waals surface area contributed by atoms with Crippen molar-refractivity contribution in [2.45, 2.75) is 220 Å². The first-order valence-corrected chi connectivity index (χ1v) is 22.1. The molecule has 0 rings (SSSR count). The third-order valence-corrected chi connectivity index (χ3v) is 10.0. The van der Waals surface area contributed by atoms with E-state index in [4.69, 9.17) is 4.74 Å². The second-order valence-corrected chi connectivity index (χ2v) is 15.0. The maximum absolute atomic E-state index is 12.7. The minimum Gasteiger partial charge on any atom is -0.466 e. The predicted molar refractivity (Wildman–Crippen MR) is 214 cm³/mol. The first kappa shape index (κ1) is 48.8. The standard InChI is InChI=1S/C43H87N3O4/c1-4-7-10-13-16-17-18-24-32-41-50-43(49)34-27-25-29-36-45(39-40-47)35-28-21-19-20-26-33-42(48)44-46(37-30-22-14-11-8-5-2)38-31-23-15-12-9-6-3/h47H,4-41H2,1-3H3,(H,44,48). The smallest absolute Gasteiger partial charge is 0.305 e. The topological polar surface area (TPSA) is 82.1 Å². The van der Waals surface area contributed by atoms with Crippen LogP contribution < -0.4 is 5.43 Å². The molecule has 0 aliphatic carbocycles. The van der Waals surface area contributed by atoms with E-state index >= 15 is 0 Å². The summed E-state index contributed by atoms with van der Waals surface area (Å²) in [5, 5.41) is 11.7. The van der Waals surface area contributed by atoms with E-state index in [1.165, 1.54) is 122 Å². The number of esters is 1. The molecule has 0 fully saturated rings. The van der Waals surface area contributed by atoms with Crippen molar-refractivity contribution in [3.63, 3.8) is 0 Å². The molecule has 7 heteroatoms. The lowest BCUT2D eigenvalue weighted by Gasteiger charge is -2.23. The Morgan fingerprint density at radius 2 is 0.840 bits per heavy atom. The molecule has 0 saturated heterocycles. The van der Waals surface area contributed by atoms with Gasteiger partial charge in [0.1, 0.15) is 0 Å². The molecule has 0 aromatic rings. The minimum atomic E-state index is -0.0482. The van der Waals surface area contributed by atoms with Gasteiger partial charge < -0.3 is 14.7 Å². The lowest BCUT2D eigenvalue weighted by Crippen LogP contribution is -2.43. The van der Waals surface area contributed by atoms with Crippen LogP contribution in [0.1, 0.15) is 220 Å². The van der Waals surface area contributed by atoms with Crippen LogP contribution in [0.3, 0.4) is 0 Å². The van der Waals surface area contributed by atoms with E-state index in [0.29, 0.717) is 19.4 Å². The summed E-state index contributed by atoms with van der Waals surface area (Å²) >= 11 is 0. The Kier molecular flexibility index (Phi) is 39.6. The number of nitrogens with zero attached hydrogens (tertiary/aromatic N) is 2.